The van der Waals surface area contributed by atoms with Crippen LogP contribution >= 0.6 is 11.6 Å². The predicted molar refractivity (Wildman–Crippen MR) is 110 cm³/mol. The van der Waals surface area contributed by atoms with Gasteiger partial charge in [-0.2, -0.15) is 0 Å². The lowest BCUT2D eigenvalue weighted by atomic mass is 10.2. The van der Waals surface area contributed by atoms with Gasteiger partial charge in [0, 0.05) is 28.5 Å². The molecule has 0 aliphatic heterocycles. The Hall–Kier alpha value is -3.12. The Morgan fingerprint density at radius 1 is 1.11 bits per heavy atom. The Kier molecular flexibility index (Phi) is 6.11. The largest absolute Gasteiger partial charge is 0.496 e. The van der Waals surface area contributed by atoms with Gasteiger partial charge in [-0.1, -0.05) is 29.8 Å². The van der Waals surface area contributed by atoms with Crippen LogP contribution in [0, 0.1) is 13.8 Å². The maximum absolute atomic E-state index is 12.6. The molecule has 6 nitrogen and oxygen atoms in total. The van der Waals surface area contributed by atoms with Gasteiger partial charge < -0.3 is 15.4 Å². The number of hydrogen-bond acceptors (Lipinski definition) is 5. The van der Waals surface area contributed by atoms with Crippen LogP contribution in [0.1, 0.15) is 27.3 Å². The van der Waals surface area contributed by atoms with Crippen molar-refractivity contribution in [3.05, 3.63) is 76.1 Å². The molecule has 2 N–H and O–H groups in total. The van der Waals surface area contributed by atoms with E-state index in [0.29, 0.717) is 23.2 Å². The second kappa shape index (κ2) is 8.71. The van der Waals surface area contributed by atoms with Crippen LogP contribution < -0.4 is 15.4 Å². The van der Waals surface area contributed by atoms with E-state index in [1.807, 2.05) is 50.2 Å². The number of nitrogens with zero attached hydrogens (tertiary/aromatic N) is 2. The van der Waals surface area contributed by atoms with Crippen LogP contribution in [0.3, 0.4) is 0 Å². The molecule has 1 aromatic heterocycles. The van der Waals surface area contributed by atoms with E-state index in [1.54, 1.807) is 19.2 Å². The molecule has 28 heavy (non-hydrogen) atoms. The van der Waals surface area contributed by atoms with Crippen molar-refractivity contribution in [2.24, 2.45) is 0 Å². The summed E-state index contributed by atoms with van der Waals surface area (Å²) in [6, 6.07) is 14.7. The third kappa shape index (κ3) is 4.78. The van der Waals surface area contributed by atoms with Gasteiger partial charge in [0.1, 0.15) is 11.4 Å². The number of aryl methyl sites for hydroxylation is 2. The standard InChI is InChI=1S/C21H21ClN4O2/c1-13-10-16(22)8-9-17(13)25-21-24-14(2)11-18(26-21)20(27)23-12-15-6-4-5-7-19(15)28-3/h4-11H,12H2,1-3H3,(H,23,27)(H,24,25,26). The number of aromatic nitrogens is 2. The van der Waals surface area contributed by atoms with Gasteiger partial charge in [0.2, 0.25) is 5.95 Å². The third-order valence-electron chi connectivity index (χ3n) is 4.15. The van der Waals surface area contributed by atoms with Gasteiger partial charge in [-0.3, -0.25) is 4.79 Å². The molecule has 3 aromatic rings. The Labute approximate surface area is 168 Å². The average molecular weight is 397 g/mol. The van der Waals surface area contributed by atoms with Crippen LogP contribution in [-0.4, -0.2) is 23.0 Å². The fraction of sp³-hybridized carbons (Fsp3) is 0.190. The lowest BCUT2D eigenvalue weighted by molar-refractivity contribution is 0.0945. The second-order valence-corrected chi connectivity index (χ2v) is 6.73. The second-order valence-electron chi connectivity index (χ2n) is 6.30. The lowest BCUT2D eigenvalue weighted by Crippen LogP contribution is -2.24. The summed E-state index contributed by atoms with van der Waals surface area (Å²) in [6.45, 7) is 4.09. The Morgan fingerprint density at radius 2 is 1.89 bits per heavy atom. The van der Waals surface area contributed by atoms with Gasteiger partial charge in [0.25, 0.3) is 5.91 Å². The molecule has 1 heterocycles. The van der Waals surface area contributed by atoms with Crippen LogP contribution in [0.4, 0.5) is 11.6 Å². The number of amides is 1. The summed E-state index contributed by atoms with van der Waals surface area (Å²) in [4.78, 5) is 21.3. The zero-order chi connectivity index (χ0) is 20.1. The number of nitrogens with one attached hydrogen (secondary N) is 2. The first kappa shape index (κ1) is 19.6. The number of anilines is 2. The predicted octanol–water partition coefficient (Wildman–Crippen LogP) is 4.43. The number of benzene rings is 2. The first-order valence-electron chi connectivity index (χ1n) is 8.75. The van der Waals surface area contributed by atoms with E-state index >= 15 is 0 Å². The minimum Gasteiger partial charge on any atom is -0.496 e. The zero-order valence-electron chi connectivity index (χ0n) is 15.9. The van der Waals surface area contributed by atoms with E-state index in [4.69, 9.17) is 16.3 Å². The summed E-state index contributed by atoms with van der Waals surface area (Å²) in [5.74, 6) is 0.794. The van der Waals surface area contributed by atoms with Crippen LogP contribution in [-0.2, 0) is 6.54 Å². The quantitative estimate of drug-likeness (QED) is 0.644. The van der Waals surface area contributed by atoms with E-state index < -0.39 is 0 Å². The first-order valence-corrected chi connectivity index (χ1v) is 9.13. The molecule has 0 atom stereocenters. The Morgan fingerprint density at radius 3 is 2.64 bits per heavy atom. The molecule has 0 unspecified atom stereocenters. The molecule has 0 saturated carbocycles. The van der Waals surface area contributed by atoms with Gasteiger partial charge in [-0.15, -0.1) is 0 Å². The molecule has 0 aliphatic carbocycles. The third-order valence-corrected chi connectivity index (χ3v) is 4.39. The Balaban J connectivity index is 1.76. The van der Waals surface area contributed by atoms with Gasteiger partial charge in [0.15, 0.2) is 0 Å². The molecule has 0 saturated heterocycles. The van der Waals surface area contributed by atoms with Crippen molar-refractivity contribution in [3.63, 3.8) is 0 Å². The van der Waals surface area contributed by atoms with Crippen molar-refractivity contribution in [1.82, 2.24) is 15.3 Å². The number of ether oxygens (including phenoxy) is 1. The number of methoxy groups -OCH3 is 1. The molecular weight excluding hydrogens is 376 g/mol. The van der Waals surface area contributed by atoms with Crippen LogP contribution in [0.2, 0.25) is 5.02 Å². The topological polar surface area (TPSA) is 76.1 Å². The molecule has 7 heteroatoms. The van der Waals surface area contributed by atoms with Gasteiger partial charge in [-0.25, -0.2) is 9.97 Å². The van der Waals surface area contributed by atoms with Gasteiger partial charge in [-0.05, 0) is 49.7 Å². The highest BCUT2D eigenvalue weighted by Gasteiger charge is 2.12. The molecule has 144 valence electrons. The first-order chi connectivity index (χ1) is 13.5. The van der Waals surface area contributed by atoms with Crippen molar-refractivity contribution in [3.8, 4) is 5.75 Å². The zero-order valence-corrected chi connectivity index (χ0v) is 16.7. The molecule has 0 bridgehead atoms. The maximum atomic E-state index is 12.6. The van der Waals surface area contributed by atoms with Crippen molar-refractivity contribution in [2.75, 3.05) is 12.4 Å². The number of carbonyl (C=O) groups excluding carboxylic acids is 1. The molecule has 1 amide bonds. The monoisotopic (exact) mass is 396 g/mol. The highest BCUT2D eigenvalue weighted by atomic mass is 35.5. The molecule has 0 spiro atoms. The maximum Gasteiger partial charge on any atom is 0.270 e. The molecule has 0 radical (unpaired) electrons. The van der Waals surface area contributed by atoms with E-state index in [-0.39, 0.29) is 11.6 Å². The number of halogens is 1. The van der Waals surface area contributed by atoms with Crippen LogP contribution in [0.5, 0.6) is 5.75 Å². The summed E-state index contributed by atoms with van der Waals surface area (Å²) >= 11 is 6.00. The SMILES string of the molecule is COc1ccccc1CNC(=O)c1cc(C)nc(Nc2ccc(Cl)cc2C)n1. The van der Waals surface area contributed by atoms with E-state index in [9.17, 15) is 4.79 Å². The number of rotatable bonds is 6. The van der Waals surface area contributed by atoms with E-state index in [2.05, 4.69) is 20.6 Å². The molecular formula is C21H21ClN4O2. The summed E-state index contributed by atoms with van der Waals surface area (Å²) in [7, 11) is 1.60. The fourth-order valence-corrected chi connectivity index (χ4v) is 2.97. The molecule has 0 aliphatic rings. The van der Waals surface area contributed by atoms with Gasteiger partial charge in [0.05, 0.1) is 7.11 Å². The molecule has 2 aromatic carbocycles. The van der Waals surface area contributed by atoms with Crippen molar-refractivity contribution in [2.45, 2.75) is 20.4 Å². The van der Waals surface area contributed by atoms with E-state index in [1.165, 1.54) is 0 Å². The molecule has 3 rings (SSSR count). The number of carbonyl (C=O) groups is 1. The highest BCUT2D eigenvalue weighted by molar-refractivity contribution is 6.30. The normalized spacial score (nSPS) is 10.4. The lowest BCUT2D eigenvalue weighted by Gasteiger charge is -2.12. The van der Waals surface area contributed by atoms with Crippen molar-refractivity contribution >= 4 is 29.1 Å². The van der Waals surface area contributed by atoms with Gasteiger partial charge >= 0.3 is 0 Å². The molecule has 0 fully saturated rings. The minimum absolute atomic E-state index is 0.285. The summed E-state index contributed by atoms with van der Waals surface area (Å²) in [5.41, 5.74) is 3.65. The smallest absolute Gasteiger partial charge is 0.270 e. The summed E-state index contributed by atoms with van der Waals surface area (Å²) in [6.07, 6.45) is 0. The van der Waals surface area contributed by atoms with Crippen molar-refractivity contribution in [1.29, 1.82) is 0 Å². The number of hydrogen-bond donors (Lipinski definition) is 2. The van der Waals surface area contributed by atoms with Crippen LogP contribution in [0.25, 0.3) is 0 Å². The summed E-state index contributed by atoms with van der Waals surface area (Å²) < 4.78 is 5.31. The number of para-hydroxylation sites is 1. The minimum atomic E-state index is -0.285. The average Bonchev–Trinajstić information content (AvgIpc) is 2.68. The summed E-state index contributed by atoms with van der Waals surface area (Å²) in [5, 5.41) is 6.68. The van der Waals surface area contributed by atoms with Crippen LogP contribution in [0.15, 0.2) is 48.5 Å². The van der Waals surface area contributed by atoms with Crippen molar-refractivity contribution < 1.29 is 9.53 Å². The highest BCUT2D eigenvalue weighted by Crippen LogP contribution is 2.22. The Bertz CT molecular complexity index is 1010. The fourth-order valence-electron chi connectivity index (χ4n) is 2.74. The van der Waals surface area contributed by atoms with E-state index in [0.717, 1.165) is 22.6 Å².